The quantitative estimate of drug-likeness (QED) is 0.618. The lowest BCUT2D eigenvalue weighted by molar-refractivity contribution is 0.00205. The average Bonchev–Trinajstić information content (AvgIpc) is 2.83. The lowest BCUT2D eigenvalue weighted by Gasteiger charge is -2.39. The Morgan fingerprint density at radius 1 is 1.03 bits per heavy atom. The van der Waals surface area contributed by atoms with Crippen LogP contribution in [0.5, 0.6) is 0 Å². The van der Waals surface area contributed by atoms with E-state index in [1.165, 1.54) is 4.31 Å². The van der Waals surface area contributed by atoms with E-state index in [1.54, 1.807) is 11.0 Å². The predicted molar refractivity (Wildman–Crippen MR) is 130 cm³/mol. The van der Waals surface area contributed by atoms with Gasteiger partial charge in [0.15, 0.2) is 0 Å². The Morgan fingerprint density at radius 3 is 2.27 bits per heavy atom. The van der Waals surface area contributed by atoms with E-state index in [0.29, 0.717) is 49.6 Å². The van der Waals surface area contributed by atoms with E-state index in [-0.39, 0.29) is 6.03 Å². The number of morpholine rings is 1. The molecule has 1 atom stereocenters. The number of piperazine rings is 1. The lowest BCUT2D eigenvalue weighted by atomic mass is 9.92. The van der Waals surface area contributed by atoms with Gasteiger partial charge in [0.2, 0.25) is 10.0 Å². The molecule has 1 aromatic carbocycles. The first-order valence-corrected chi connectivity index (χ1v) is 13.6. The molecule has 33 heavy (non-hydrogen) atoms. The van der Waals surface area contributed by atoms with Crippen molar-refractivity contribution in [3.63, 3.8) is 0 Å². The predicted octanol–water partition coefficient (Wildman–Crippen LogP) is 2.46. The SMILES string of the molecule is CCC(CC)C(CNC(=O)N1CCN(S(=O)(=O)c2cc(C)ccc2C)CC1)N1CCOCC1. The maximum Gasteiger partial charge on any atom is 0.317 e. The summed E-state index contributed by atoms with van der Waals surface area (Å²) in [5, 5.41) is 3.14. The highest BCUT2D eigenvalue weighted by Gasteiger charge is 2.32. The smallest absolute Gasteiger partial charge is 0.317 e. The lowest BCUT2D eigenvalue weighted by Crippen LogP contribution is -2.56. The summed E-state index contributed by atoms with van der Waals surface area (Å²) in [5.74, 6) is 0.517. The molecule has 0 aliphatic carbocycles. The summed E-state index contributed by atoms with van der Waals surface area (Å²) >= 11 is 0. The van der Waals surface area contributed by atoms with Gasteiger partial charge in [0.1, 0.15) is 0 Å². The van der Waals surface area contributed by atoms with Gasteiger partial charge in [-0.25, -0.2) is 13.2 Å². The van der Waals surface area contributed by atoms with Gasteiger partial charge < -0.3 is 15.0 Å². The van der Waals surface area contributed by atoms with Crippen molar-refractivity contribution in [1.29, 1.82) is 0 Å². The summed E-state index contributed by atoms with van der Waals surface area (Å²) in [6, 6.07) is 5.67. The third-order valence-electron chi connectivity index (χ3n) is 7.06. The summed E-state index contributed by atoms with van der Waals surface area (Å²) in [7, 11) is -3.57. The fraction of sp³-hybridized carbons (Fsp3) is 0.708. The van der Waals surface area contributed by atoms with Gasteiger partial charge in [0.05, 0.1) is 18.1 Å². The molecule has 1 unspecified atom stereocenters. The van der Waals surface area contributed by atoms with Crippen LogP contribution in [0.25, 0.3) is 0 Å². The number of aryl methyl sites for hydroxylation is 2. The van der Waals surface area contributed by atoms with Gasteiger partial charge in [-0.15, -0.1) is 0 Å². The van der Waals surface area contributed by atoms with Crippen LogP contribution >= 0.6 is 0 Å². The summed E-state index contributed by atoms with van der Waals surface area (Å²) in [4.78, 5) is 17.4. The Kier molecular flexibility index (Phi) is 9.15. The second-order valence-corrected chi connectivity index (χ2v) is 11.0. The van der Waals surface area contributed by atoms with Crippen LogP contribution in [-0.4, -0.2) is 93.6 Å². The first kappa shape index (κ1) is 25.9. The Morgan fingerprint density at radius 2 is 1.67 bits per heavy atom. The first-order valence-electron chi connectivity index (χ1n) is 12.2. The molecule has 0 bridgehead atoms. The molecule has 1 aromatic rings. The molecule has 2 aliphatic rings. The van der Waals surface area contributed by atoms with Crippen molar-refractivity contribution in [2.45, 2.75) is 51.5 Å². The Balaban J connectivity index is 1.57. The third kappa shape index (κ3) is 6.26. The highest BCUT2D eigenvalue weighted by Crippen LogP contribution is 2.23. The van der Waals surface area contributed by atoms with Crippen LogP contribution in [0.4, 0.5) is 4.79 Å². The Hall–Kier alpha value is -1.68. The molecule has 0 spiro atoms. The van der Waals surface area contributed by atoms with E-state index >= 15 is 0 Å². The number of hydrogen-bond acceptors (Lipinski definition) is 5. The van der Waals surface area contributed by atoms with Gasteiger partial charge in [-0.3, -0.25) is 4.90 Å². The van der Waals surface area contributed by atoms with Crippen molar-refractivity contribution in [2.24, 2.45) is 5.92 Å². The fourth-order valence-corrected chi connectivity index (χ4v) is 6.63. The number of hydrogen-bond donors (Lipinski definition) is 1. The molecule has 1 N–H and O–H groups in total. The minimum atomic E-state index is -3.57. The monoisotopic (exact) mass is 480 g/mol. The number of nitrogens with one attached hydrogen (secondary N) is 1. The van der Waals surface area contributed by atoms with E-state index in [9.17, 15) is 13.2 Å². The number of sulfonamides is 1. The average molecular weight is 481 g/mol. The van der Waals surface area contributed by atoms with Crippen molar-refractivity contribution in [3.05, 3.63) is 29.3 Å². The number of nitrogens with zero attached hydrogens (tertiary/aromatic N) is 3. The molecule has 0 radical (unpaired) electrons. The number of benzene rings is 1. The van der Waals surface area contributed by atoms with E-state index in [0.717, 1.165) is 50.3 Å². The molecule has 2 heterocycles. The summed E-state index contributed by atoms with van der Waals surface area (Å²) in [6.45, 7) is 13.4. The highest BCUT2D eigenvalue weighted by atomic mass is 32.2. The van der Waals surface area contributed by atoms with Crippen LogP contribution in [-0.2, 0) is 14.8 Å². The number of carbonyl (C=O) groups is 1. The first-order chi connectivity index (χ1) is 15.8. The zero-order valence-corrected chi connectivity index (χ0v) is 21.4. The maximum atomic E-state index is 13.2. The second-order valence-electron chi connectivity index (χ2n) is 9.14. The normalized spacial score (nSPS) is 19.6. The van der Waals surface area contributed by atoms with Crippen LogP contribution < -0.4 is 5.32 Å². The number of carbonyl (C=O) groups excluding carboxylic acids is 1. The maximum absolute atomic E-state index is 13.2. The van der Waals surface area contributed by atoms with Gasteiger partial charge in [-0.05, 0) is 37.0 Å². The van der Waals surface area contributed by atoms with Gasteiger partial charge in [-0.2, -0.15) is 4.31 Å². The summed E-state index contributed by atoms with van der Waals surface area (Å²) in [6.07, 6.45) is 2.15. The molecular weight excluding hydrogens is 440 g/mol. The van der Waals surface area contributed by atoms with Crippen molar-refractivity contribution < 1.29 is 17.9 Å². The summed E-state index contributed by atoms with van der Waals surface area (Å²) < 4.78 is 33.3. The molecule has 2 saturated heterocycles. The van der Waals surface area contributed by atoms with E-state index in [1.807, 2.05) is 26.0 Å². The van der Waals surface area contributed by atoms with E-state index in [2.05, 4.69) is 24.1 Å². The molecule has 186 valence electrons. The molecule has 0 aromatic heterocycles. The molecule has 2 amide bonds. The van der Waals surface area contributed by atoms with Crippen LogP contribution in [0.1, 0.15) is 37.8 Å². The van der Waals surface area contributed by atoms with Gasteiger partial charge in [-0.1, -0.05) is 38.8 Å². The second kappa shape index (κ2) is 11.6. The zero-order valence-electron chi connectivity index (χ0n) is 20.5. The largest absolute Gasteiger partial charge is 0.379 e. The van der Waals surface area contributed by atoms with Crippen LogP contribution in [0, 0.1) is 19.8 Å². The molecular formula is C24H40N4O4S. The minimum absolute atomic E-state index is 0.108. The number of urea groups is 1. The molecule has 2 aliphatic heterocycles. The Bertz CT molecular complexity index is 890. The standard InChI is InChI=1S/C24H40N4O4S/c1-5-21(6-2)22(26-13-15-32-16-14-26)18-25-24(29)27-9-11-28(12-10-27)33(30,31)23-17-19(3)7-8-20(23)4/h7-8,17,21-22H,5-6,9-16,18H2,1-4H3,(H,25,29). The molecule has 9 heteroatoms. The van der Waals surface area contributed by atoms with Crippen molar-refractivity contribution in [3.8, 4) is 0 Å². The molecule has 8 nitrogen and oxygen atoms in total. The summed E-state index contributed by atoms with van der Waals surface area (Å²) in [5.41, 5.74) is 1.67. The molecule has 3 rings (SSSR count). The van der Waals surface area contributed by atoms with Crippen molar-refractivity contribution in [2.75, 3.05) is 59.0 Å². The number of ether oxygens (including phenoxy) is 1. The Labute approximate surface area is 199 Å². The molecule has 2 fully saturated rings. The fourth-order valence-electron chi connectivity index (χ4n) is 4.90. The van der Waals surface area contributed by atoms with Gasteiger partial charge in [0.25, 0.3) is 0 Å². The zero-order chi connectivity index (χ0) is 24.0. The van der Waals surface area contributed by atoms with Gasteiger partial charge >= 0.3 is 6.03 Å². The van der Waals surface area contributed by atoms with E-state index < -0.39 is 10.0 Å². The van der Waals surface area contributed by atoms with Gasteiger partial charge in [0, 0.05) is 51.9 Å². The van der Waals surface area contributed by atoms with Crippen LogP contribution in [0.15, 0.2) is 23.1 Å². The highest BCUT2D eigenvalue weighted by molar-refractivity contribution is 7.89. The van der Waals surface area contributed by atoms with Crippen LogP contribution in [0.2, 0.25) is 0 Å². The number of amides is 2. The van der Waals surface area contributed by atoms with E-state index in [4.69, 9.17) is 4.74 Å². The topological polar surface area (TPSA) is 82.2 Å². The number of rotatable bonds is 8. The third-order valence-corrected chi connectivity index (χ3v) is 9.10. The van der Waals surface area contributed by atoms with Crippen molar-refractivity contribution in [1.82, 2.24) is 19.4 Å². The van der Waals surface area contributed by atoms with Crippen LogP contribution in [0.3, 0.4) is 0 Å². The molecule has 0 saturated carbocycles. The van der Waals surface area contributed by atoms with Crippen molar-refractivity contribution >= 4 is 16.1 Å². The minimum Gasteiger partial charge on any atom is -0.379 e.